The Hall–Kier alpha value is -1.19. The van der Waals surface area contributed by atoms with Crippen LogP contribution in [0.4, 0.5) is 0 Å². The van der Waals surface area contributed by atoms with E-state index in [4.69, 9.17) is 16.7 Å². The molecule has 0 bridgehead atoms. The largest absolute Gasteiger partial charge is 0.384 e. The topological polar surface area (TPSA) is 49.7 Å². The number of aliphatic imine (C=N–C) groups is 1. The number of aliphatic hydroxyl groups excluding tert-OH is 1. The van der Waals surface area contributed by atoms with Crippen molar-refractivity contribution in [3.63, 3.8) is 0 Å². The van der Waals surface area contributed by atoms with E-state index in [0.29, 0.717) is 0 Å². The average molecular weight is 270 g/mol. The number of halogens is 1. The molecule has 1 unspecified atom stereocenters. The summed E-state index contributed by atoms with van der Waals surface area (Å²) in [5.41, 5.74) is 1.19. The number of rotatable bonds is 5. The predicted octanol–water partition coefficient (Wildman–Crippen LogP) is 3.04. The Morgan fingerprint density at radius 1 is 1.44 bits per heavy atom. The van der Waals surface area contributed by atoms with Gasteiger partial charge in [0.2, 0.25) is 5.24 Å². The lowest BCUT2D eigenvalue weighted by Crippen LogP contribution is -2.07. The maximum Gasteiger partial charge on any atom is 0.249 e. The van der Waals surface area contributed by atoms with Gasteiger partial charge in [-0.1, -0.05) is 43.7 Å². The molecule has 1 N–H and O–H groups in total. The van der Waals surface area contributed by atoms with Crippen LogP contribution >= 0.6 is 11.6 Å². The second kappa shape index (κ2) is 10.9. The Balaban J connectivity index is 0.000000411. The maximum absolute atomic E-state index is 9.66. The van der Waals surface area contributed by atoms with Crippen molar-refractivity contribution in [3.8, 4) is 0 Å². The summed E-state index contributed by atoms with van der Waals surface area (Å²) in [6, 6.07) is 10.2. The summed E-state index contributed by atoms with van der Waals surface area (Å²) >= 11 is 4.72. The van der Waals surface area contributed by atoms with E-state index in [9.17, 15) is 4.79 Å². The molecular weight excluding hydrogens is 250 g/mol. The van der Waals surface area contributed by atoms with Gasteiger partial charge in [0.25, 0.3) is 0 Å². The van der Waals surface area contributed by atoms with Crippen molar-refractivity contribution >= 4 is 23.1 Å². The summed E-state index contributed by atoms with van der Waals surface area (Å²) < 4.78 is 0. The molecule has 0 spiro atoms. The van der Waals surface area contributed by atoms with Crippen molar-refractivity contribution in [3.05, 3.63) is 35.9 Å². The van der Waals surface area contributed by atoms with Gasteiger partial charge in [0, 0.05) is 12.8 Å². The van der Waals surface area contributed by atoms with Crippen LogP contribution in [0.2, 0.25) is 0 Å². The van der Waals surface area contributed by atoms with E-state index in [-0.39, 0.29) is 0 Å². The summed E-state index contributed by atoms with van der Waals surface area (Å²) in [5.74, 6) is 0. The molecule has 0 fully saturated rings. The van der Waals surface area contributed by atoms with Crippen LogP contribution in [0.15, 0.2) is 35.3 Å². The maximum atomic E-state index is 9.66. The lowest BCUT2D eigenvalue weighted by molar-refractivity contribution is -0.118. The molecule has 0 aliphatic heterocycles. The number of benzene rings is 1. The first kappa shape index (κ1) is 16.8. The number of carbonyl (C=O) groups is 1. The Morgan fingerprint density at radius 3 is 2.44 bits per heavy atom. The van der Waals surface area contributed by atoms with Gasteiger partial charge in [-0.05, 0) is 30.5 Å². The van der Waals surface area contributed by atoms with Gasteiger partial charge in [-0.15, -0.1) is 0 Å². The Kier molecular flexibility index (Phi) is 10.2. The van der Waals surface area contributed by atoms with Crippen molar-refractivity contribution < 1.29 is 9.90 Å². The van der Waals surface area contributed by atoms with Crippen LogP contribution in [-0.4, -0.2) is 29.2 Å². The van der Waals surface area contributed by atoms with E-state index in [1.165, 1.54) is 25.3 Å². The monoisotopic (exact) mass is 269 g/mol. The predicted molar refractivity (Wildman–Crippen MR) is 76.4 cm³/mol. The fourth-order valence-electron chi connectivity index (χ4n) is 0.958. The van der Waals surface area contributed by atoms with Gasteiger partial charge >= 0.3 is 0 Å². The molecule has 0 aliphatic carbocycles. The summed E-state index contributed by atoms with van der Waals surface area (Å²) in [6.45, 7) is 4.44. The molecule has 0 radical (unpaired) electrons. The fraction of sp³-hybridized carbons (Fsp3) is 0.429. The highest BCUT2D eigenvalue weighted by Crippen LogP contribution is 1.94. The standard InChI is InChI=1S/C11H15N.C3H5ClO2/c1-2-3-9-12-10-11-7-5-4-6-8-11;1-2(5)3(4)6/h4-8,10H,2-3,9H2,1H3;2,5H,1H3/b12-10+;. The zero-order chi connectivity index (χ0) is 13.8. The first-order valence-corrected chi connectivity index (χ1v) is 6.38. The molecule has 0 saturated heterocycles. The highest BCUT2D eigenvalue weighted by molar-refractivity contribution is 6.64. The zero-order valence-corrected chi connectivity index (χ0v) is 11.6. The Labute approximate surface area is 114 Å². The highest BCUT2D eigenvalue weighted by Gasteiger charge is 2.00. The second-order valence-corrected chi connectivity index (χ2v) is 4.15. The second-order valence-electron chi connectivity index (χ2n) is 3.78. The molecule has 3 nitrogen and oxygen atoms in total. The highest BCUT2D eigenvalue weighted by atomic mass is 35.5. The van der Waals surface area contributed by atoms with Crippen molar-refractivity contribution in [2.75, 3.05) is 6.54 Å². The van der Waals surface area contributed by atoms with Crippen molar-refractivity contribution in [1.29, 1.82) is 0 Å². The van der Waals surface area contributed by atoms with Gasteiger partial charge in [0.05, 0.1) is 0 Å². The van der Waals surface area contributed by atoms with Gasteiger partial charge in [-0.3, -0.25) is 9.79 Å². The molecule has 18 heavy (non-hydrogen) atoms. The number of carbonyl (C=O) groups excluding carboxylic acids is 1. The summed E-state index contributed by atoms with van der Waals surface area (Å²) in [6.07, 6.45) is 3.32. The first-order valence-electron chi connectivity index (χ1n) is 6.00. The van der Waals surface area contributed by atoms with Gasteiger partial charge in [0.1, 0.15) is 6.10 Å². The van der Waals surface area contributed by atoms with Crippen molar-refractivity contribution in [2.45, 2.75) is 32.8 Å². The number of unbranched alkanes of at least 4 members (excludes halogenated alkanes) is 1. The molecule has 0 aliphatic rings. The third kappa shape index (κ3) is 10.00. The summed E-state index contributed by atoms with van der Waals surface area (Å²) in [4.78, 5) is 14.0. The molecule has 1 rings (SSSR count). The summed E-state index contributed by atoms with van der Waals surface area (Å²) in [5, 5.41) is 7.44. The minimum absolute atomic E-state index is 0.713. The SMILES string of the molecule is CC(O)C(=O)Cl.CCCC/N=C/c1ccccc1. The third-order valence-electron chi connectivity index (χ3n) is 2.01. The van der Waals surface area contributed by atoms with Gasteiger partial charge in [0.15, 0.2) is 0 Å². The number of nitrogens with zero attached hydrogens (tertiary/aromatic N) is 1. The van der Waals surface area contributed by atoms with E-state index in [1.54, 1.807) is 0 Å². The summed E-state index contributed by atoms with van der Waals surface area (Å²) in [7, 11) is 0. The molecule has 100 valence electrons. The van der Waals surface area contributed by atoms with Crippen LogP contribution in [0.5, 0.6) is 0 Å². The average Bonchev–Trinajstić information content (AvgIpc) is 2.36. The molecule has 0 amide bonds. The molecule has 1 aromatic carbocycles. The number of hydrogen-bond acceptors (Lipinski definition) is 3. The van der Waals surface area contributed by atoms with Gasteiger partial charge in [-0.2, -0.15) is 0 Å². The van der Waals surface area contributed by atoms with Crippen LogP contribution in [-0.2, 0) is 4.79 Å². The Morgan fingerprint density at radius 2 is 2.00 bits per heavy atom. The molecule has 0 saturated carbocycles. The van der Waals surface area contributed by atoms with E-state index in [1.807, 2.05) is 24.4 Å². The van der Waals surface area contributed by atoms with Crippen LogP contribution < -0.4 is 0 Å². The third-order valence-corrected chi connectivity index (χ3v) is 2.32. The van der Waals surface area contributed by atoms with E-state index in [0.717, 1.165) is 6.54 Å². The zero-order valence-electron chi connectivity index (χ0n) is 10.8. The van der Waals surface area contributed by atoms with Crippen molar-refractivity contribution in [1.82, 2.24) is 0 Å². The van der Waals surface area contributed by atoms with Gasteiger partial charge < -0.3 is 5.11 Å². The minimum atomic E-state index is -1.02. The first-order chi connectivity index (χ1) is 8.57. The Bertz CT molecular complexity index is 350. The van der Waals surface area contributed by atoms with Crippen LogP contribution in [0.25, 0.3) is 0 Å². The van der Waals surface area contributed by atoms with E-state index >= 15 is 0 Å². The quantitative estimate of drug-likeness (QED) is 0.507. The van der Waals surface area contributed by atoms with Crippen LogP contribution in [0, 0.1) is 0 Å². The smallest absolute Gasteiger partial charge is 0.249 e. The van der Waals surface area contributed by atoms with E-state index in [2.05, 4.69) is 24.0 Å². The molecule has 0 heterocycles. The molecule has 1 atom stereocenters. The molecule has 4 heteroatoms. The molecular formula is C14H20ClNO2. The normalized spacial score (nSPS) is 11.8. The lowest BCUT2D eigenvalue weighted by Gasteiger charge is -1.91. The van der Waals surface area contributed by atoms with E-state index < -0.39 is 11.3 Å². The van der Waals surface area contributed by atoms with Crippen LogP contribution in [0.1, 0.15) is 32.3 Å². The molecule has 0 aromatic heterocycles. The minimum Gasteiger partial charge on any atom is -0.384 e. The van der Waals surface area contributed by atoms with Gasteiger partial charge in [-0.25, -0.2) is 0 Å². The molecule has 1 aromatic rings. The number of aliphatic hydroxyl groups is 1. The van der Waals surface area contributed by atoms with Crippen LogP contribution in [0.3, 0.4) is 0 Å². The lowest BCUT2D eigenvalue weighted by atomic mass is 10.2. The number of hydrogen-bond donors (Lipinski definition) is 1. The van der Waals surface area contributed by atoms with Crippen molar-refractivity contribution in [2.24, 2.45) is 4.99 Å². The fourth-order valence-corrected chi connectivity index (χ4v) is 0.958.